The third kappa shape index (κ3) is 5.89. The summed E-state index contributed by atoms with van der Waals surface area (Å²) in [4.78, 5) is 32.7. The van der Waals surface area contributed by atoms with E-state index in [4.69, 9.17) is 10.2 Å². The van der Waals surface area contributed by atoms with Crippen LogP contribution in [0.1, 0.15) is 12.0 Å². The number of carbonyl (C=O) groups is 3. The number of aliphatic carboxylic acids is 2. The number of urea groups is 1. The molecule has 0 saturated heterocycles. The Morgan fingerprint density at radius 3 is 2.43 bits per heavy atom. The summed E-state index contributed by atoms with van der Waals surface area (Å²) in [7, 11) is 0. The number of carbonyl (C=O) groups excluding carboxylic acids is 1. The molecule has 0 aliphatic rings. The van der Waals surface area contributed by atoms with E-state index >= 15 is 0 Å². The second kappa shape index (κ2) is 7.83. The van der Waals surface area contributed by atoms with Gasteiger partial charge < -0.3 is 20.8 Å². The van der Waals surface area contributed by atoms with E-state index in [-0.39, 0.29) is 13.0 Å². The summed E-state index contributed by atoms with van der Waals surface area (Å²) in [5.74, 6) is -3.18. The molecule has 0 aliphatic heterocycles. The third-order valence-electron chi connectivity index (χ3n) is 2.62. The van der Waals surface area contributed by atoms with E-state index in [1.165, 1.54) is 6.07 Å². The van der Waals surface area contributed by atoms with Gasteiger partial charge in [0, 0.05) is 6.54 Å². The highest BCUT2D eigenvalue weighted by atomic mass is 19.1. The van der Waals surface area contributed by atoms with Gasteiger partial charge in [0.1, 0.15) is 11.9 Å². The van der Waals surface area contributed by atoms with Crippen LogP contribution < -0.4 is 10.6 Å². The van der Waals surface area contributed by atoms with E-state index < -0.39 is 36.2 Å². The minimum absolute atomic E-state index is 0.0895. The molecule has 4 N–H and O–H groups in total. The molecular formula is C13H15FN2O5. The van der Waals surface area contributed by atoms with Crippen LogP contribution in [0.2, 0.25) is 0 Å². The minimum Gasteiger partial charge on any atom is -0.481 e. The Bertz CT molecular complexity index is 535. The molecule has 21 heavy (non-hydrogen) atoms. The predicted octanol–water partition coefficient (Wildman–Crippen LogP) is 0.595. The molecule has 1 atom stereocenters. The average molecular weight is 298 g/mol. The number of halogens is 1. The first kappa shape index (κ1) is 16.4. The van der Waals surface area contributed by atoms with Crippen molar-refractivity contribution >= 4 is 18.0 Å². The van der Waals surface area contributed by atoms with Crippen molar-refractivity contribution in [3.05, 3.63) is 35.6 Å². The first-order valence-electron chi connectivity index (χ1n) is 6.12. The minimum atomic E-state index is -1.52. The molecule has 0 saturated carbocycles. The van der Waals surface area contributed by atoms with Gasteiger partial charge in [-0.15, -0.1) is 0 Å². The summed E-state index contributed by atoms with van der Waals surface area (Å²) in [6, 6.07) is 3.73. The Labute approximate surface area is 119 Å². The fourth-order valence-corrected chi connectivity index (χ4v) is 1.60. The van der Waals surface area contributed by atoms with Crippen LogP contribution in [0.5, 0.6) is 0 Å². The lowest BCUT2D eigenvalue weighted by atomic mass is 10.1. The maximum atomic E-state index is 13.3. The number of carboxylic acids is 2. The summed E-state index contributed by atoms with van der Waals surface area (Å²) in [6.07, 6.45) is -0.493. The SMILES string of the molecule is O=C(O)CC(NC(=O)NCCc1ccccc1F)C(=O)O. The van der Waals surface area contributed by atoms with Gasteiger partial charge in [0.05, 0.1) is 6.42 Å². The lowest BCUT2D eigenvalue weighted by Crippen LogP contribution is -2.47. The normalized spacial score (nSPS) is 11.5. The standard InChI is InChI=1S/C13H15FN2O5/c14-9-4-2-1-3-8(9)5-6-15-13(21)16-10(12(19)20)7-11(17)18/h1-4,10H,5-7H2,(H,17,18)(H,19,20)(H2,15,16,21). The second-order valence-electron chi connectivity index (χ2n) is 4.23. The second-order valence-corrected chi connectivity index (χ2v) is 4.23. The Kier molecular flexibility index (Phi) is 6.12. The van der Waals surface area contributed by atoms with Crippen molar-refractivity contribution in [1.29, 1.82) is 0 Å². The van der Waals surface area contributed by atoms with Crippen molar-refractivity contribution in [3.8, 4) is 0 Å². The van der Waals surface area contributed by atoms with Crippen LogP contribution in [0, 0.1) is 5.82 Å². The van der Waals surface area contributed by atoms with Crippen LogP contribution in [0.15, 0.2) is 24.3 Å². The third-order valence-corrected chi connectivity index (χ3v) is 2.62. The quantitative estimate of drug-likeness (QED) is 0.588. The fourth-order valence-electron chi connectivity index (χ4n) is 1.60. The Morgan fingerprint density at radius 2 is 1.86 bits per heavy atom. The zero-order valence-electron chi connectivity index (χ0n) is 11.0. The van der Waals surface area contributed by atoms with Crippen molar-refractivity contribution in [3.63, 3.8) is 0 Å². The summed E-state index contributed by atoms with van der Waals surface area (Å²) in [6.45, 7) is 0.0895. The molecule has 0 fully saturated rings. The molecule has 0 aliphatic carbocycles. The molecule has 1 aromatic carbocycles. The van der Waals surface area contributed by atoms with Crippen LogP contribution in [-0.2, 0) is 16.0 Å². The Hall–Kier alpha value is -2.64. The van der Waals surface area contributed by atoms with E-state index in [0.29, 0.717) is 5.56 Å². The highest BCUT2D eigenvalue weighted by Gasteiger charge is 2.22. The molecule has 0 radical (unpaired) electrons. The van der Waals surface area contributed by atoms with Gasteiger partial charge >= 0.3 is 18.0 Å². The zero-order valence-corrected chi connectivity index (χ0v) is 11.0. The van der Waals surface area contributed by atoms with Crippen LogP contribution in [-0.4, -0.2) is 40.8 Å². The van der Waals surface area contributed by atoms with Gasteiger partial charge in [-0.3, -0.25) is 4.79 Å². The van der Waals surface area contributed by atoms with Crippen molar-refractivity contribution in [2.24, 2.45) is 0 Å². The van der Waals surface area contributed by atoms with E-state index in [2.05, 4.69) is 5.32 Å². The predicted molar refractivity (Wildman–Crippen MR) is 70.3 cm³/mol. The number of rotatable bonds is 7. The van der Waals surface area contributed by atoms with Crippen LogP contribution >= 0.6 is 0 Å². The van der Waals surface area contributed by atoms with Gasteiger partial charge in [0.25, 0.3) is 0 Å². The molecule has 1 rings (SSSR count). The fraction of sp³-hybridized carbons (Fsp3) is 0.308. The lowest BCUT2D eigenvalue weighted by molar-refractivity contribution is -0.145. The number of benzene rings is 1. The summed E-state index contributed by atoms with van der Waals surface area (Å²) >= 11 is 0. The lowest BCUT2D eigenvalue weighted by Gasteiger charge is -2.13. The van der Waals surface area contributed by atoms with Crippen LogP contribution in [0.4, 0.5) is 9.18 Å². The maximum Gasteiger partial charge on any atom is 0.326 e. The Balaban J connectivity index is 2.41. The van der Waals surface area contributed by atoms with Crippen molar-refractivity contribution in [1.82, 2.24) is 10.6 Å². The topological polar surface area (TPSA) is 116 Å². The van der Waals surface area contributed by atoms with Crippen molar-refractivity contribution in [2.75, 3.05) is 6.54 Å². The first-order chi connectivity index (χ1) is 9.90. The molecular weight excluding hydrogens is 283 g/mol. The van der Waals surface area contributed by atoms with E-state index in [9.17, 15) is 18.8 Å². The zero-order chi connectivity index (χ0) is 15.8. The van der Waals surface area contributed by atoms with Gasteiger partial charge in [-0.1, -0.05) is 18.2 Å². The largest absolute Gasteiger partial charge is 0.481 e. The Morgan fingerprint density at radius 1 is 1.19 bits per heavy atom. The monoisotopic (exact) mass is 298 g/mol. The molecule has 8 heteroatoms. The molecule has 0 bridgehead atoms. The molecule has 7 nitrogen and oxygen atoms in total. The molecule has 2 amide bonds. The van der Waals surface area contributed by atoms with Gasteiger partial charge in [-0.25, -0.2) is 14.0 Å². The number of amides is 2. The first-order valence-corrected chi connectivity index (χ1v) is 6.12. The van der Waals surface area contributed by atoms with E-state index in [1.54, 1.807) is 18.2 Å². The number of carboxylic acid groups (broad SMARTS) is 2. The van der Waals surface area contributed by atoms with Crippen molar-refractivity contribution < 1.29 is 29.0 Å². The molecule has 0 heterocycles. The summed E-state index contributed by atoms with van der Waals surface area (Å²) < 4.78 is 13.3. The van der Waals surface area contributed by atoms with Gasteiger partial charge in [0.15, 0.2) is 0 Å². The summed E-state index contributed by atoms with van der Waals surface area (Å²) in [5, 5.41) is 21.6. The molecule has 114 valence electrons. The van der Waals surface area contributed by atoms with Gasteiger partial charge in [-0.2, -0.15) is 0 Å². The molecule has 1 aromatic rings. The molecule has 0 aromatic heterocycles. The van der Waals surface area contributed by atoms with Crippen molar-refractivity contribution in [2.45, 2.75) is 18.9 Å². The maximum absolute atomic E-state index is 13.3. The van der Waals surface area contributed by atoms with E-state index in [0.717, 1.165) is 0 Å². The summed E-state index contributed by atoms with van der Waals surface area (Å²) in [5.41, 5.74) is 0.415. The average Bonchev–Trinajstić information content (AvgIpc) is 2.39. The number of hydrogen-bond acceptors (Lipinski definition) is 3. The van der Waals surface area contributed by atoms with Gasteiger partial charge in [0.2, 0.25) is 0 Å². The highest BCUT2D eigenvalue weighted by molar-refractivity contribution is 5.86. The number of nitrogens with one attached hydrogen (secondary N) is 2. The molecule has 0 spiro atoms. The van der Waals surface area contributed by atoms with Gasteiger partial charge in [-0.05, 0) is 18.1 Å². The van der Waals surface area contributed by atoms with E-state index in [1.807, 2.05) is 5.32 Å². The molecule has 1 unspecified atom stereocenters. The van der Waals surface area contributed by atoms with Crippen LogP contribution in [0.25, 0.3) is 0 Å². The van der Waals surface area contributed by atoms with Crippen LogP contribution in [0.3, 0.4) is 0 Å². The number of hydrogen-bond donors (Lipinski definition) is 4. The smallest absolute Gasteiger partial charge is 0.326 e. The highest BCUT2D eigenvalue weighted by Crippen LogP contribution is 2.06.